The van der Waals surface area contributed by atoms with Crippen LogP contribution in [-0.2, 0) is 9.59 Å². The zero-order valence-corrected chi connectivity index (χ0v) is 18.4. The molecule has 1 saturated carbocycles. The predicted octanol–water partition coefficient (Wildman–Crippen LogP) is 2.64. The van der Waals surface area contributed by atoms with Crippen LogP contribution in [0.2, 0.25) is 0 Å². The van der Waals surface area contributed by atoms with Crippen molar-refractivity contribution in [3.63, 3.8) is 0 Å². The number of rotatable bonds is 6. The third-order valence-corrected chi connectivity index (χ3v) is 7.08. The summed E-state index contributed by atoms with van der Waals surface area (Å²) in [5, 5.41) is 3.08. The first-order valence-corrected chi connectivity index (χ1v) is 11.9. The van der Waals surface area contributed by atoms with E-state index in [1.165, 1.54) is 18.6 Å². The molecule has 3 aliphatic rings. The van der Waals surface area contributed by atoms with Crippen LogP contribution >= 0.6 is 0 Å². The molecule has 1 unspecified atom stereocenters. The van der Waals surface area contributed by atoms with Crippen LogP contribution in [0.4, 0.5) is 10.1 Å². The van der Waals surface area contributed by atoms with E-state index in [1.54, 1.807) is 0 Å². The lowest BCUT2D eigenvalue weighted by molar-refractivity contribution is -0.142. The Morgan fingerprint density at radius 2 is 1.61 bits per heavy atom. The van der Waals surface area contributed by atoms with Gasteiger partial charge in [0, 0.05) is 57.4 Å². The molecule has 6 nitrogen and oxygen atoms in total. The maximum Gasteiger partial charge on any atom is 0.242 e. The molecule has 2 saturated heterocycles. The number of carbonyl (C=O) groups excluding carboxylic acids is 2. The molecule has 1 atom stereocenters. The van der Waals surface area contributed by atoms with Crippen LogP contribution in [0.25, 0.3) is 0 Å². The van der Waals surface area contributed by atoms with Gasteiger partial charge in [0.25, 0.3) is 0 Å². The van der Waals surface area contributed by atoms with Crippen molar-refractivity contribution in [3.8, 4) is 0 Å². The van der Waals surface area contributed by atoms with Gasteiger partial charge in [0.15, 0.2) is 0 Å². The van der Waals surface area contributed by atoms with Crippen molar-refractivity contribution in [2.75, 3.05) is 50.7 Å². The number of piperazine rings is 1. The minimum absolute atomic E-state index is 0.00612. The molecule has 0 bridgehead atoms. The average molecular weight is 431 g/mol. The number of hydrogen-bond donors (Lipinski definition) is 1. The molecule has 0 spiro atoms. The largest absolute Gasteiger partial charge is 0.369 e. The summed E-state index contributed by atoms with van der Waals surface area (Å²) in [4.78, 5) is 32.2. The molecule has 31 heavy (non-hydrogen) atoms. The fourth-order valence-corrected chi connectivity index (χ4v) is 5.22. The van der Waals surface area contributed by atoms with Gasteiger partial charge in [0.05, 0.1) is 0 Å². The highest BCUT2D eigenvalue weighted by molar-refractivity contribution is 5.89. The lowest BCUT2D eigenvalue weighted by Crippen LogP contribution is -2.51. The Hall–Kier alpha value is -2.15. The molecule has 2 amide bonds. The third kappa shape index (κ3) is 5.56. The highest BCUT2D eigenvalue weighted by atomic mass is 19.1. The minimum atomic E-state index is -0.287. The van der Waals surface area contributed by atoms with Crippen molar-refractivity contribution in [2.24, 2.45) is 5.92 Å². The fraction of sp³-hybridized carbons (Fsp3) is 0.667. The first-order valence-electron chi connectivity index (χ1n) is 11.9. The van der Waals surface area contributed by atoms with Gasteiger partial charge in [-0.05, 0) is 49.9 Å². The van der Waals surface area contributed by atoms with E-state index in [0.29, 0.717) is 6.54 Å². The summed E-state index contributed by atoms with van der Waals surface area (Å²) in [5.74, 6) is 0.125. The van der Waals surface area contributed by atoms with E-state index in [1.807, 2.05) is 17.0 Å². The standard InChI is InChI=1S/C24H35FN4O2/c25-20-8-10-21(11-9-20)28-17-15-27(16-18-28)14-12-26-23(30)22-7-4-13-29(22)24(31)19-5-2-1-3-6-19/h8-11,19,22H,1-7,12-18H2,(H,26,30). The first kappa shape index (κ1) is 22.1. The van der Waals surface area contributed by atoms with E-state index in [-0.39, 0.29) is 29.6 Å². The van der Waals surface area contributed by atoms with Crippen molar-refractivity contribution in [2.45, 2.75) is 51.0 Å². The molecule has 170 valence electrons. The number of hydrogen-bond acceptors (Lipinski definition) is 4. The van der Waals surface area contributed by atoms with E-state index in [9.17, 15) is 14.0 Å². The van der Waals surface area contributed by atoms with Crippen LogP contribution in [0.5, 0.6) is 0 Å². The molecule has 2 aliphatic heterocycles. The topological polar surface area (TPSA) is 55.9 Å². The number of nitrogens with zero attached hydrogens (tertiary/aromatic N) is 3. The van der Waals surface area contributed by atoms with Crippen molar-refractivity contribution in [3.05, 3.63) is 30.1 Å². The lowest BCUT2D eigenvalue weighted by atomic mass is 9.88. The summed E-state index contributed by atoms with van der Waals surface area (Å²) in [6.45, 7) is 5.77. The number of likely N-dealkylation sites (tertiary alicyclic amines) is 1. The van der Waals surface area contributed by atoms with Crippen molar-refractivity contribution in [1.29, 1.82) is 0 Å². The second-order valence-electron chi connectivity index (χ2n) is 9.12. The molecule has 1 aliphatic carbocycles. The van der Waals surface area contributed by atoms with Gasteiger partial charge in [-0.1, -0.05) is 19.3 Å². The Bertz CT molecular complexity index is 742. The van der Waals surface area contributed by atoms with E-state index in [0.717, 1.165) is 83.5 Å². The molecule has 2 heterocycles. The molecular formula is C24H35FN4O2. The molecule has 1 aromatic rings. The Morgan fingerprint density at radius 1 is 0.903 bits per heavy atom. The number of nitrogens with one attached hydrogen (secondary N) is 1. The van der Waals surface area contributed by atoms with Gasteiger partial charge in [-0.2, -0.15) is 0 Å². The predicted molar refractivity (Wildman–Crippen MR) is 119 cm³/mol. The van der Waals surface area contributed by atoms with Gasteiger partial charge >= 0.3 is 0 Å². The number of carbonyl (C=O) groups is 2. The molecule has 1 aromatic carbocycles. The Labute approximate surface area is 184 Å². The maximum absolute atomic E-state index is 13.1. The summed E-state index contributed by atoms with van der Waals surface area (Å²) < 4.78 is 13.1. The SMILES string of the molecule is O=C(NCCN1CCN(c2ccc(F)cc2)CC1)C1CCCN1C(=O)C1CCCCC1. The molecule has 1 N–H and O–H groups in total. The normalized spacial score (nSPS) is 23.2. The molecule has 0 radical (unpaired) electrons. The molecule has 4 rings (SSSR count). The summed E-state index contributed by atoms with van der Waals surface area (Å²) in [5.41, 5.74) is 1.05. The zero-order valence-electron chi connectivity index (χ0n) is 18.4. The number of anilines is 1. The van der Waals surface area contributed by atoms with Crippen molar-refractivity contribution in [1.82, 2.24) is 15.1 Å². The average Bonchev–Trinajstić information content (AvgIpc) is 3.30. The van der Waals surface area contributed by atoms with Gasteiger partial charge in [-0.3, -0.25) is 14.5 Å². The minimum Gasteiger partial charge on any atom is -0.369 e. The monoisotopic (exact) mass is 430 g/mol. The van der Waals surface area contributed by atoms with Gasteiger partial charge < -0.3 is 15.1 Å². The Morgan fingerprint density at radius 3 is 2.32 bits per heavy atom. The van der Waals surface area contributed by atoms with E-state index < -0.39 is 0 Å². The molecule has 3 fully saturated rings. The van der Waals surface area contributed by atoms with Crippen LogP contribution < -0.4 is 10.2 Å². The molecular weight excluding hydrogens is 395 g/mol. The second kappa shape index (κ2) is 10.4. The van der Waals surface area contributed by atoms with Crippen LogP contribution in [0.1, 0.15) is 44.9 Å². The first-order chi connectivity index (χ1) is 15.1. The van der Waals surface area contributed by atoms with Gasteiger partial charge in [-0.15, -0.1) is 0 Å². The summed E-state index contributed by atoms with van der Waals surface area (Å²) in [6, 6.07) is 6.37. The Balaban J connectivity index is 1.18. The van der Waals surface area contributed by atoms with E-state index in [4.69, 9.17) is 0 Å². The fourth-order valence-electron chi connectivity index (χ4n) is 5.22. The third-order valence-electron chi connectivity index (χ3n) is 7.08. The number of halogens is 1. The zero-order chi connectivity index (χ0) is 21.6. The highest BCUT2D eigenvalue weighted by Crippen LogP contribution is 2.28. The molecule has 7 heteroatoms. The van der Waals surface area contributed by atoms with Crippen LogP contribution in [0.3, 0.4) is 0 Å². The summed E-state index contributed by atoms with van der Waals surface area (Å²) in [6.07, 6.45) is 7.15. The highest BCUT2D eigenvalue weighted by Gasteiger charge is 2.37. The van der Waals surface area contributed by atoms with Crippen molar-refractivity contribution >= 4 is 17.5 Å². The number of amides is 2. The van der Waals surface area contributed by atoms with Crippen LogP contribution in [-0.4, -0.2) is 73.5 Å². The van der Waals surface area contributed by atoms with Crippen LogP contribution in [0, 0.1) is 11.7 Å². The van der Waals surface area contributed by atoms with E-state index >= 15 is 0 Å². The second-order valence-corrected chi connectivity index (χ2v) is 9.12. The number of benzene rings is 1. The quantitative estimate of drug-likeness (QED) is 0.754. The summed E-state index contributed by atoms with van der Waals surface area (Å²) in [7, 11) is 0. The lowest BCUT2D eigenvalue weighted by Gasteiger charge is -2.36. The summed E-state index contributed by atoms with van der Waals surface area (Å²) >= 11 is 0. The van der Waals surface area contributed by atoms with Gasteiger partial charge in [-0.25, -0.2) is 4.39 Å². The Kier molecular flexibility index (Phi) is 7.43. The van der Waals surface area contributed by atoms with Crippen LogP contribution in [0.15, 0.2) is 24.3 Å². The smallest absolute Gasteiger partial charge is 0.242 e. The maximum atomic E-state index is 13.1. The van der Waals surface area contributed by atoms with Gasteiger partial charge in [0.2, 0.25) is 11.8 Å². The van der Waals surface area contributed by atoms with E-state index in [2.05, 4.69) is 15.1 Å². The van der Waals surface area contributed by atoms with Gasteiger partial charge in [0.1, 0.15) is 11.9 Å². The molecule has 0 aromatic heterocycles. The van der Waals surface area contributed by atoms with Crippen molar-refractivity contribution < 1.29 is 14.0 Å².